The first-order valence-electron chi connectivity index (χ1n) is 12.0. The van der Waals surface area contributed by atoms with E-state index in [1.165, 1.54) is 0 Å². The predicted molar refractivity (Wildman–Crippen MR) is 155 cm³/mol. The molecule has 1 heterocycles. The Morgan fingerprint density at radius 1 is 0.514 bits per heavy atom. The Labute approximate surface area is 220 Å². The third kappa shape index (κ3) is 4.77. The summed E-state index contributed by atoms with van der Waals surface area (Å²) >= 11 is 4.71. The van der Waals surface area contributed by atoms with Crippen molar-refractivity contribution in [2.45, 2.75) is 4.90 Å². The van der Waals surface area contributed by atoms with Gasteiger partial charge in [-0.2, -0.15) is 0 Å². The molecule has 0 atom stereocenters. The van der Waals surface area contributed by atoms with E-state index in [0.29, 0.717) is 17.5 Å². The average molecular weight is 495 g/mol. The van der Waals surface area contributed by atoms with Crippen molar-refractivity contribution in [1.82, 2.24) is 15.0 Å². The van der Waals surface area contributed by atoms with Gasteiger partial charge in [-0.15, -0.1) is 12.6 Å². The van der Waals surface area contributed by atoms with Crippen molar-refractivity contribution in [3.8, 4) is 34.2 Å². The van der Waals surface area contributed by atoms with E-state index in [1.807, 2.05) is 115 Å². The van der Waals surface area contributed by atoms with Crippen molar-refractivity contribution >= 4 is 35.3 Å². The molecule has 0 radical (unpaired) electrons. The van der Waals surface area contributed by atoms with Gasteiger partial charge < -0.3 is 0 Å². The molecule has 0 unspecified atom stereocenters. The van der Waals surface area contributed by atoms with Gasteiger partial charge in [-0.1, -0.05) is 115 Å². The summed E-state index contributed by atoms with van der Waals surface area (Å²) < 4.78 is 0. The van der Waals surface area contributed by atoms with Crippen molar-refractivity contribution in [3.63, 3.8) is 0 Å². The second-order valence-electron chi connectivity index (χ2n) is 8.54. The molecule has 6 rings (SSSR count). The Morgan fingerprint density at radius 2 is 1.08 bits per heavy atom. The molecule has 0 saturated heterocycles. The number of aliphatic imine (C=N–C) groups is 1. The van der Waals surface area contributed by atoms with Gasteiger partial charge in [0.05, 0.1) is 5.69 Å². The van der Waals surface area contributed by atoms with E-state index in [0.717, 1.165) is 43.6 Å². The molecule has 0 bridgehead atoms. The largest absolute Gasteiger partial charge is 0.254 e. The molecule has 0 amide bonds. The highest BCUT2D eigenvalue weighted by molar-refractivity contribution is 7.80. The van der Waals surface area contributed by atoms with E-state index in [2.05, 4.69) is 12.1 Å². The lowest BCUT2D eigenvalue weighted by Crippen LogP contribution is -2.00. The van der Waals surface area contributed by atoms with Gasteiger partial charge in [-0.25, -0.2) is 15.0 Å². The summed E-state index contributed by atoms with van der Waals surface area (Å²) in [4.78, 5) is 20.3. The fourth-order valence-electron chi connectivity index (χ4n) is 4.27. The van der Waals surface area contributed by atoms with Gasteiger partial charge >= 0.3 is 0 Å². The van der Waals surface area contributed by atoms with E-state index in [1.54, 1.807) is 0 Å². The Balaban J connectivity index is 1.54. The Bertz CT molecular complexity index is 1660. The van der Waals surface area contributed by atoms with Crippen LogP contribution in [-0.2, 0) is 0 Å². The minimum absolute atomic E-state index is 0.614. The maximum atomic E-state index is 4.92. The highest BCUT2D eigenvalue weighted by Crippen LogP contribution is 2.37. The average Bonchev–Trinajstić information content (AvgIpc) is 2.97. The third-order valence-corrected chi connectivity index (χ3v) is 6.46. The molecule has 0 aliphatic heterocycles. The molecule has 4 nitrogen and oxygen atoms in total. The lowest BCUT2D eigenvalue weighted by Gasteiger charge is -2.12. The number of hydrogen-bond acceptors (Lipinski definition) is 5. The fourth-order valence-corrected chi connectivity index (χ4v) is 4.52. The van der Waals surface area contributed by atoms with Crippen LogP contribution in [0, 0.1) is 0 Å². The van der Waals surface area contributed by atoms with Crippen LogP contribution in [0.2, 0.25) is 0 Å². The van der Waals surface area contributed by atoms with E-state index in [4.69, 9.17) is 32.6 Å². The molecule has 0 N–H and O–H groups in total. The van der Waals surface area contributed by atoms with Crippen LogP contribution in [0.3, 0.4) is 0 Å². The second-order valence-corrected chi connectivity index (χ2v) is 9.02. The summed E-state index contributed by atoms with van der Waals surface area (Å²) in [7, 11) is 0. The molecular weight excluding hydrogens is 472 g/mol. The van der Waals surface area contributed by atoms with Crippen LogP contribution in [0.5, 0.6) is 0 Å². The molecule has 0 spiro atoms. The van der Waals surface area contributed by atoms with Crippen LogP contribution in [0.4, 0.5) is 5.69 Å². The van der Waals surface area contributed by atoms with Gasteiger partial charge in [0.1, 0.15) is 0 Å². The van der Waals surface area contributed by atoms with Crippen molar-refractivity contribution < 1.29 is 0 Å². The first-order valence-corrected chi connectivity index (χ1v) is 12.4. The molecule has 176 valence electrons. The molecular formula is C32H22N4S. The summed E-state index contributed by atoms with van der Waals surface area (Å²) in [5.41, 5.74) is 4.63. The number of rotatable bonds is 5. The van der Waals surface area contributed by atoms with Gasteiger partial charge in [-0.05, 0) is 17.0 Å². The summed E-state index contributed by atoms with van der Waals surface area (Å²) in [6, 6.07) is 40.2. The van der Waals surface area contributed by atoms with Crippen molar-refractivity contribution in [3.05, 3.63) is 127 Å². The van der Waals surface area contributed by atoms with Crippen molar-refractivity contribution in [1.29, 1.82) is 0 Å². The number of aromatic nitrogens is 3. The third-order valence-electron chi connectivity index (χ3n) is 6.09. The summed E-state index contributed by atoms with van der Waals surface area (Å²) in [5, 5.41) is 1.99. The standard InChI is InChI=1S/C32H22N4S/c37-28-20-19-25-26(29(28)33-21-22-11-4-1-5-12-22)17-10-18-27(25)32-35-30(23-13-6-2-7-14-23)34-31(36-32)24-15-8-3-9-16-24/h1-21,37H/b33-21+. The van der Waals surface area contributed by atoms with Gasteiger partial charge in [0, 0.05) is 33.2 Å². The van der Waals surface area contributed by atoms with Crippen molar-refractivity contribution in [2.75, 3.05) is 0 Å². The molecule has 5 heteroatoms. The minimum Gasteiger partial charge on any atom is -0.254 e. The zero-order valence-corrected chi connectivity index (χ0v) is 20.8. The molecule has 0 aliphatic rings. The van der Waals surface area contributed by atoms with Crippen LogP contribution < -0.4 is 0 Å². The van der Waals surface area contributed by atoms with Crippen LogP contribution in [0.1, 0.15) is 5.56 Å². The van der Waals surface area contributed by atoms with Crippen LogP contribution >= 0.6 is 12.6 Å². The van der Waals surface area contributed by atoms with E-state index in [-0.39, 0.29) is 0 Å². The fraction of sp³-hybridized carbons (Fsp3) is 0. The molecule has 37 heavy (non-hydrogen) atoms. The van der Waals surface area contributed by atoms with E-state index < -0.39 is 0 Å². The molecule has 0 saturated carbocycles. The highest BCUT2D eigenvalue weighted by Gasteiger charge is 2.15. The smallest absolute Gasteiger partial charge is 0.164 e. The molecule has 1 aromatic heterocycles. The van der Waals surface area contributed by atoms with Crippen LogP contribution in [-0.4, -0.2) is 21.2 Å². The van der Waals surface area contributed by atoms with E-state index >= 15 is 0 Å². The maximum absolute atomic E-state index is 4.92. The molecule has 6 aromatic rings. The first-order chi connectivity index (χ1) is 18.3. The van der Waals surface area contributed by atoms with Crippen molar-refractivity contribution in [2.24, 2.45) is 4.99 Å². The Morgan fingerprint density at radius 3 is 1.70 bits per heavy atom. The number of fused-ring (bicyclic) bond motifs is 1. The normalized spacial score (nSPS) is 11.3. The molecule has 0 fully saturated rings. The van der Waals surface area contributed by atoms with Gasteiger partial charge in [-0.3, -0.25) is 4.99 Å². The quantitative estimate of drug-likeness (QED) is 0.195. The van der Waals surface area contributed by atoms with E-state index in [9.17, 15) is 0 Å². The summed E-state index contributed by atoms with van der Waals surface area (Å²) in [5.74, 6) is 1.88. The molecule has 5 aromatic carbocycles. The zero-order chi connectivity index (χ0) is 25.0. The Hall–Kier alpha value is -4.61. The summed E-state index contributed by atoms with van der Waals surface area (Å²) in [6.07, 6.45) is 1.87. The number of benzene rings is 5. The first kappa shape index (κ1) is 22.8. The maximum Gasteiger partial charge on any atom is 0.164 e. The Kier molecular flexibility index (Phi) is 6.28. The van der Waals surface area contributed by atoms with Crippen LogP contribution in [0.15, 0.2) is 131 Å². The topological polar surface area (TPSA) is 51.0 Å². The number of thiol groups is 1. The lowest BCUT2D eigenvalue weighted by molar-refractivity contribution is 1.08. The zero-order valence-electron chi connectivity index (χ0n) is 19.9. The predicted octanol–water partition coefficient (Wildman–Crippen LogP) is 8.07. The minimum atomic E-state index is 0.614. The number of nitrogens with zero attached hydrogens (tertiary/aromatic N) is 4. The van der Waals surface area contributed by atoms with Gasteiger partial charge in [0.15, 0.2) is 17.5 Å². The summed E-state index contributed by atoms with van der Waals surface area (Å²) in [6.45, 7) is 0. The highest BCUT2D eigenvalue weighted by atomic mass is 32.1. The number of hydrogen-bond donors (Lipinski definition) is 1. The van der Waals surface area contributed by atoms with Crippen LogP contribution in [0.25, 0.3) is 44.9 Å². The molecule has 0 aliphatic carbocycles. The van der Waals surface area contributed by atoms with Gasteiger partial charge in [0.25, 0.3) is 0 Å². The lowest BCUT2D eigenvalue weighted by atomic mass is 10.0. The monoisotopic (exact) mass is 494 g/mol. The second kappa shape index (κ2) is 10.2. The van der Waals surface area contributed by atoms with Gasteiger partial charge in [0.2, 0.25) is 0 Å². The SMILES string of the molecule is Sc1ccc2c(-c3nc(-c4ccccc4)nc(-c4ccccc4)n3)cccc2c1/N=C/c1ccccc1.